The van der Waals surface area contributed by atoms with Crippen LogP contribution in [0.4, 0.5) is 11.6 Å². The van der Waals surface area contributed by atoms with Gasteiger partial charge < -0.3 is 11.1 Å². The van der Waals surface area contributed by atoms with Crippen LogP contribution in [-0.4, -0.2) is 34.0 Å². The normalized spacial score (nSPS) is 21.2. The number of nitrogens with zero attached hydrogens (tertiary/aromatic N) is 3. The first kappa shape index (κ1) is 16.3. The van der Waals surface area contributed by atoms with Crippen molar-refractivity contribution in [2.24, 2.45) is 0 Å². The van der Waals surface area contributed by atoms with Crippen LogP contribution in [0.15, 0.2) is 30.3 Å². The van der Waals surface area contributed by atoms with E-state index in [4.69, 9.17) is 10.7 Å². The van der Waals surface area contributed by atoms with Gasteiger partial charge in [-0.05, 0) is 44.7 Å². The second-order valence-corrected chi connectivity index (χ2v) is 7.42. The molecule has 1 aliphatic carbocycles. The highest BCUT2D eigenvalue weighted by atomic mass is 15.2. The van der Waals surface area contributed by atoms with Crippen molar-refractivity contribution in [3.8, 4) is 0 Å². The quantitative estimate of drug-likeness (QED) is 0.876. The highest BCUT2D eigenvalue weighted by Crippen LogP contribution is 2.39. The summed E-state index contributed by atoms with van der Waals surface area (Å²) in [6.45, 7) is 5.22. The first-order chi connectivity index (χ1) is 12.2. The molecule has 1 saturated carbocycles. The van der Waals surface area contributed by atoms with Crippen LogP contribution in [0, 0.1) is 6.92 Å². The van der Waals surface area contributed by atoms with Crippen molar-refractivity contribution in [2.45, 2.75) is 51.1 Å². The summed E-state index contributed by atoms with van der Waals surface area (Å²) in [7, 11) is 0. The van der Waals surface area contributed by atoms with Gasteiger partial charge in [-0.3, -0.25) is 4.90 Å². The molecule has 2 fully saturated rings. The van der Waals surface area contributed by atoms with Crippen molar-refractivity contribution in [2.75, 3.05) is 24.1 Å². The van der Waals surface area contributed by atoms with Crippen LogP contribution in [0.5, 0.6) is 0 Å². The third-order valence-corrected chi connectivity index (χ3v) is 5.24. The summed E-state index contributed by atoms with van der Waals surface area (Å²) in [4.78, 5) is 11.8. The van der Waals surface area contributed by atoms with Gasteiger partial charge in [0.05, 0.1) is 0 Å². The maximum atomic E-state index is 6.12. The molecule has 2 aromatic rings. The Balaban J connectivity index is 1.44. The number of nitrogens with one attached hydrogen (secondary N) is 1. The predicted molar refractivity (Wildman–Crippen MR) is 102 cm³/mol. The van der Waals surface area contributed by atoms with E-state index in [0.717, 1.165) is 36.8 Å². The van der Waals surface area contributed by atoms with Crippen LogP contribution in [-0.2, 0) is 6.54 Å². The van der Waals surface area contributed by atoms with E-state index < -0.39 is 0 Å². The molecular formula is C20H27N5. The molecular weight excluding hydrogens is 310 g/mol. The zero-order chi connectivity index (χ0) is 17.2. The standard InChI is InChI=1S/C20H27N5/c1-14-18(21)23-20(16-9-10-16)24-19(14)22-17-8-5-11-25(13-17)12-15-6-3-2-4-7-15/h2-4,6-7,16-17H,5,8-13H2,1H3,(H3,21,22,23,24). The minimum Gasteiger partial charge on any atom is -0.383 e. The summed E-state index contributed by atoms with van der Waals surface area (Å²) in [6, 6.07) is 11.1. The highest BCUT2D eigenvalue weighted by Gasteiger charge is 2.28. The van der Waals surface area contributed by atoms with E-state index in [1.165, 1.54) is 31.2 Å². The molecule has 4 rings (SSSR count). The molecule has 1 aromatic carbocycles. The molecule has 3 N–H and O–H groups in total. The van der Waals surface area contributed by atoms with Crippen molar-refractivity contribution in [3.05, 3.63) is 47.3 Å². The van der Waals surface area contributed by atoms with E-state index in [1.807, 2.05) is 6.92 Å². The van der Waals surface area contributed by atoms with Gasteiger partial charge in [0.15, 0.2) is 0 Å². The maximum absolute atomic E-state index is 6.12. The highest BCUT2D eigenvalue weighted by molar-refractivity contribution is 5.55. The summed E-state index contributed by atoms with van der Waals surface area (Å²) in [5.74, 6) is 2.99. The monoisotopic (exact) mass is 337 g/mol. The fourth-order valence-corrected chi connectivity index (χ4v) is 3.57. The Hall–Kier alpha value is -2.14. The summed E-state index contributed by atoms with van der Waals surface area (Å²) in [6.07, 6.45) is 4.76. The van der Waals surface area contributed by atoms with E-state index in [9.17, 15) is 0 Å². The molecule has 0 amide bonds. The third-order valence-electron chi connectivity index (χ3n) is 5.24. The predicted octanol–water partition coefficient (Wildman–Crippen LogP) is 3.32. The van der Waals surface area contributed by atoms with Gasteiger partial charge in [0.1, 0.15) is 17.5 Å². The molecule has 1 saturated heterocycles. The number of piperidine rings is 1. The topological polar surface area (TPSA) is 67.1 Å². The molecule has 25 heavy (non-hydrogen) atoms. The summed E-state index contributed by atoms with van der Waals surface area (Å²) in [5.41, 5.74) is 8.47. The van der Waals surface area contributed by atoms with Gasteiger partial charge in [-0.2, -0.15) is 0 Å². The molecule has 1 aromatic heterocycles. The lowest BCUT2D eigenvalue weighted by Gasteiger charge is -2.33. The first-order valence-corrected chi connectivity index (χ1v) is 9.36. The van der Waals surface area contributed by atoms with E-state index in [-0.39, 0.29) is 0 Å². The van der Waals surface area contributed by atoms with Gasteiger partial charge in [-0.15, -0.1) is 0 Å². The molecule has 0 bridgehead atoms. The van der Waals surface area contributed by atoms with E-state index in [2.05, 4.69) is 45.5 Å². The van der Waals surface area contributed by atoms with Crippen molar-refractivity contribution in [3.63, 3.8) is 0 Å². The fraction of sp³-hybridized carbons (Fsp3) is 0.500. The number of likely N-dealkylation sites (tertiary alicyclic amines) is 1. The number of anilines is 2. The number of nitrogen functional groups attached to an aromatic ring is 1. The second kappa shape index (κ2) is 7.00. The average molecular weight is 337 g/mol. The third kappa shape index (κ3) is 3.93. The lowest BCUT2D eigenvalue weighted by Crippen LogP contribution is -2.42. The number of benzene rings is 1. The fourth-order valence-electron chi connectivity index (χ4n) is 3.57. The molecule has 1 atom stereocenters. The van der Waals surface area contributed by atoms with Crippen LogP contribution in [0.25, 0.3) is 0 Å². The molecule has 2 aliphatic rings. The van der Waals surface area contributed by atoms with Gasteiger partial charge >= 0.3 is 0 Å². The second-order valence-electron chi connectivity index (χ2n) is 7.42. The summed E-state index contributed by atoms with van der Waals surface area (Å²) in [5, 5.41) is 3.66. The number of nitrogens with two attached hydrogens (primary N) is 1. The Bertz CT molecular complexity index is 726. The number of hydrogen-bond acceptors (Lipinski definition) is 5. The maximum Gasteiger partial charge on any atom is 0.136 e. The van der Waals surface area contributed by atoms with Crippen LogP contribution < -0.4 is 11.1 Å². The van der Waals surface area contributed by atoms with E-state index >= 15 is 0 Å². The molecule has 2 heterocycles. The molecule has 0 radical (unpaired) electrons. The smallest absolute Gasteiger partial charge is 0.136 e. The van der Waals surface area contributed by atoms with Crippen molar-refractivity contribution >= 4 is 11.6 Å². The lowest BCUT2D eigenvalue weighted by molar-refractivity contribution is 0.208. The number of rotatable bonds is 5. The van der Waals surface area contributed by atoms with Gasteiger partial charge in [0.25, 0.3) is 0 Å². The summed E-state index contributed by atoms with van der Waals surface area (Å²) < 4.78 is 0. The Morgan fingerprint density at radius 3 is 2.72 bits per heavy atom. The van der Waals surface area contributed by atoms with Crippen molar-refractivity contribution in [1.82, 2.24) is 14.9 Å². The molecule has 1 unspecified atom stereocenters. The minimum absolute atomic E-state index is 0.414. The zero-order valence-electron chi connectivity index (χ0n) is 14.9. The van der Waals surface area contributed by atoms with Gasteiger partial charge in [0, 0.05) is 30.6 Å². The van der Waals surface area contributed by atoms with E-state index in [1.54, 1.807) is 0 Å². The van der Waals surface area contributed by atoms with E-state index in [0.29, 0.717) is 17.8 Å². The average Bonchev–Trinajstić information content (AvgIpc) is 3.45. The Morgan fingerprint density at radius 1 is 1.16 bits per heavy atom. The largest absolute Gasteiger partial charge is 0.383 e. The van der Waals surface area contributed by atoms with Crippen LogP contribution >= 0.6 is 0 Å². The van der Waals surface area contributed by atoms with Gasteiger partial charge in [0.2, 0.25) is 0 Å². The van der Waals surface area contributed by atoms with Gasteiger partial charge in [-0.25, -0.2) is 9.97 Å². The molecule has 1 aliphatic heterocycles. The molecule has 0 spiro atoms. The van der Waals surface area contributed by atoms with Crippen LogP contribution in [0.2, 0.25) is 0 Å². The first-order valence-electron chi connectivity index (χ1n) is 9.36. The molecule has 5 heteroatoms. The minimum atomic E-state index is 0.414. The summed E-state index contributed by atoms with van der Waals surface area (Å²) >= 11 is 0. The molecule has 5 nitrogen and oxygen atoms in total. The van der Waals surface area contributed by atoms with Crippen LogP contribution in [0.1, 0.15) is 48.6 Å². The van der Waals surface area contributed by atoms with Crippen LogP contribution in [0.3, 0.4) is 0 Å². The number of aromatic nitrogens is 2. The van der Waals surface area contributed by atoms with Gasteiger partial charge in [-0.1, -0.05) is 30.3 Å². The lowest BCUT2D eigenvalue weighted by atomic mass is 10.0. The Morgan fingerprint density at radius 2 is 1.96 bits per heavy atom. The molecule has 132 valence electrons. The Kier molecular flexibility index (Phi) is 4.57. The SMILES string of the molecule is Cc1c(N)nc(C2CC2)nc1NC1CCCN(Cc2ccccc2)C1. The van der Waals surface area contributed by atoms with Crippen molar-refractivity contribution < 1.29 is 0 Å². The number of hydrogen-bond donors (Lipinski definition) is 2. The van der Waals surface area contributed by atoms with Crippen molar-refractivity contribution in [1.29, 1.82) is 0 Å². The zero-order valence-corrected chi connectivity index (χ0v) is 14.9. The Labute approximate surface area is 149 Å².